The summed E-state index contributed by atoms with van der Waals surface area (Å²) in [6, 6.07) is 10.9. The van der Waals surface area contributed by atoms with Crippen LogP contribution in [0.25, 0.3) is 11.1 Å². The molecule has 1 amide bonds. The van der Waals surface area contributed by atoms with Crippen molar-refractivity contribution in [1.82, 2.24) is 0 Å². The topological polar surface area (TPSA) is 64.6 Å². The quantitative estimate of drug-likeness (QED) is 0.497. The molecule has 5 nitrogen and oxygen atoms in total. The molecule has 3 rings (SSSR count). The maximum Gasteiger partial charge on any atom is 0.341 e. The van der Waals surface area contributed by atoms with Crippen molar-refractivity contribution in [3.63, 3.8) is 0 Å². The highest BCUT2D eigenvalue weighted by Crippen LogP contribution is 2.40. The Balaban J connectivity index is 1.84. The molecular formula is C22H19ClFNO4S. The van der Waals surface area contributed by atoms with Crippen LogP contribution in [-0.4, -0.2) is 25.6 Å². The Morgan fingerprint density at radius 3 is 2.47 bits per heavy atom. The van der Waals surface area contributed by atoms with E-state index in [1.165, 1.54) is 30.6 Å². The van der Waals surface area contributed by atoms with E-state index in [-0.39, 0.29) is 18.0 Å². The Hall–Kier alpha value is -2.90. The van der Waals surface area contributed by atoms with Gasteiger partial charge >= 0.3 is 5.97 Å². The van der Waals surface area contributed by atoms with Crippen LogP contribution in [0.4, 0.5) is 9.39 Å². The predicted molar refractivity (Wildman–Crippen MR) is 116 cm³/mol. The second-order valence-corrected chi connectivity index (χ2v) is 8.14. The standard InChI is InChI=1S/C22H19ClFNO4S/c1-12-10-15(23)6-9-17(12)29-11-18(26)25-21-20(22(27)28-3)19(13(2)30-21)14-4-7-16(24)8-5-14/h4-10H,11H2,1-3H3,(H,25,26). The number of carbonyl (C=O) groups excluding carboxylic acids is 2. The van der Waals surface area contributed by atoms with Crippen molar-refractivity contribution >= 4 is 39.8 Å². The lowest BCUT2D eigenvalue weighted by molar-refractivity contribution is -0.118. The highest BCUT2D eigenvalue weighted by molar-refractivity contribution is 7.17. The molecule has 0 saturated carbocycles. The number of hydrogen-bond donors (Lipinski definition) is 1. The van der Waals surface area contributed by atoms with Gasteiger partial charge in [0, 0.05) is 15.5 Å². The largest absolute Gasteiger partial charge is 0.483 e. The monoisotopic (exact) mass is 447 g/mol. The summed E-state index contributed by atoms with van der Waals surface area (Å²) in [5.74, 6) is -0.864. The molecule has 8 heteroatoms. The van der Waals surface area contributed by atoms with Crippen LogP contribution in [0.1, 0.15) is 20.8 Å². The molecule has 1 heterocycles. The fourth-order valence-electron chi connectivity index (χ4n) is 2.97. The molecule has 0 aliphatic heterocycles. The highest BCUT2D eigenvalue weighted by Gasteiger charge is 2.25. The number of ether oxygens (including phenoxy) is 2. The Kier molecular flexibility index (Phi) is 6.74. The molecule has 1 aromatic heterocycles. The number of thiophene rings is 1. The summed E-state index contributed by atoms with van der Waals surface area (Å²) in [5, 5.41) is 3.65. The van der Waals surface area contributed by atoms with Crippen LogP contribution in [-0.2, 0) is 9.53 Å². The fourth-order valence-corrected chi connectivity index (χ4v) is 4.28. The first kappa shape index (κ1) is 21.8. The summed E-state index contributed by atoms with van der Waals surface area (Å²) in [6.45, 7) is 3.40. The Morgan fingerprint density at radius 1 is 1.13 bits per heavy atom. The van der Waals surface area contributed by atoms with Gasteiger partial charge in [-0.15, -0.1) is 11.3 Å². The van der Waals surface area contributed by atoms with Gasteiger partial charge in [0.1, 0.15) is 22.1 Å². The number of carbonyl (C=O) groups is 2. The van der Waals surface area contributed by atoms with Crippen molar-refractivity contribution in [3.05, 3.63) is 69.3 Å². The van der Waals surface area contributed by atoms with Gasteiger partial charge in [0.2, 0.25) is 0 Å². The number of halogens is 2. The number of aryl methyl sites for hydroxylation is 2. The SMILES string of the molecule is COC(=O)c1c(NC(=O)COc2ccc(Cl)cc2C)sc(C)c1-c1ccc(F)cc1. The molecule has 2 aromatic carbocycles. The Bertz CT molecular complexity index is 1100. The maximum absolute atomic E-state index is 13.3. The zero-order valence-corrected chi connectivity index (χ0v) is 18.1. The van der Waals surface area contributed by atoms with Gasteiger partial charge in [0.15, 0.2) is 6.61 Å². The van der Waals surface area contributed by atoms with Crippen LogP contribution >= 0.6 is 22.9 Å². The van der Waals surface area contributed by atoms with Crippen molar-refractivity contribution in [2.75, 3.05) is 19.0 Å². The minimum Gasteiger partial charge on any atom is -0.483 e. The molecule has 0 bridgehead atoms. The predicted octanol–water partition coefficient (Wildman–Crippen LogP) is 5.63. The van der Waals surface area contributed by atoms with E-state index in [0.717, 1.165) is 10.4 Å². The first-order valence-electron chi connectivity index (χ1n) is 8.96. The molecule has 0 saturated heterocycles. The molecule has 0 aliphatic rings. The van der Waals surface area contributed by atoms with Crippen LogP contribution in [0, 0.1) is 19.7 Å². The van der Waals surface area contributed by atoms with Gasteiger partial charge in [-0.1, -0.05) is 23.7 Å². The van der Waals surface area contributed by atoms with Crippen molar-refractivity contribution in [1.29, 1.82) is 0 Å². The lowest BCUT2D eigenvalue weighted by Crippen LogP contribution is -2.21. The summed E-state index contributed by atoms with van der Waals surface area (Å²) < 4.78 is 23.8. The third-order valence-corrected chi connectivity index (χ3v) is 5.61. The van der Waals surface area contributed by atoms with Crippen LogP contribution in [0.3, 0.4) is 0 Å². The molecule has 0 atom stereocenters. The minimum atomic E-state index is -0.594. The molecule has 30 heavy (non-hydrogen) atoms. The van der Waals surface area contributed by atoms with Crippen LogP contribution in [0.2, 0.25) is 5.02 Å². The van der Waals surface area contributed by atoms with E-state index in [0.29, 0.717) is 26.9 Å². The number of anilines is 1. The summed E-state index contributed by atoms with van der Waals surface area (Å²) in [7, 11) is 1.27. The van der Waals surface area contributed by atoms with E-state index < -0.39 is 11.9 Å². The second-order valence-electron chi connectivity index (χ2n) is 6.48. The molecule has 1 N–H and O–H groups in total. The van der Waals surface area contributed by atoms with E-state index >= 15 is 0 Å². The Labute approximate surface area is 182 Å². The van der Waals surface area contributed by atoms with Gasteiger partial charge in [-0.05, 0) is 55.3 Å². The molecule has 3 aromatic rings. The molecule has 156 valence electrons. The fraction of sp³-hybridized carbons (Fsp3) is 0.182. The average molecular weight is 448 g/mol. The average Bonchev–Trinajstić information content (AvgIpc) is 3.03. The second kappa shape index (κ2) is 9.28. The maximum atomic E-state index is 13.3. The van der Waals surface area contributed by atoms with Crippen LogP contribution in [0.5, 0.6) is 5.75 Å². The van der Waals surface area contributed by atoms with E-state index in [2.05, 4.69) is 5.32 Å². The molecule has 0 spiro atoms. The van der Waals surface area contributed by atoms with Crippen molar-refractivity contribution in [2.24, 2.45) is 0 Å². The lowest BCUT2D eigenvalue weighted by Gasteiger charge is -2.10. The van der Waals surface area contributed by atoms with Gasteiger partial charge in [0.25, 0.3) is 5.91 Å². The number of rotatable bonds is 6. The van der Waals surface area contributed by atoms with E-state index in [4.69, 9.17) is 21.1 Å². The van der Waals surface area contributed by atoms with Gasteiger partial charge in [0.05, 0.1) is 7.11 Å². The number of esters is 1. The number of methoxy groups -OCH3 is 1. The van der Waals surface area contributed by atoms with E-state index in [1.807, 2.05) is 13.8 Å². The molecule has 0 unspecified atom stereocenters. The van der Waals surface area contributed by atoms with E-state index in [9.17, 15) is 14.0 Å². The molecule has 0 aliphatic carbocycles. The van der Waals surface area contributed by atoms with Crippen LogP contribution in [0.15, 0.2) is 42.5 Å². The first-order valence-corrected chi connectivity index (χ1v) is 10.2. The summed E-state index contributed by atoms with van der Waals surface area (Å²) >= 11 is 7.17. The third-order valence-electron chi connectivity index (χ3n) is 4.36. The Morgan fingerprint density at radius 2 is 1.83 bits per heavy atom. The lowest BCUT2D eigenvalue weighted by atomic mass is 10.0. The number of amides is 1. The molecular weight excluding hydrogens is 429 g/mol. The van der Waals surface area contributed by atoms with Gasteiger partial charge < -0.3 is 14.8 Å². The summed E-state index contributed by atoms with van der Waals surface area (Å²) in [5.41, 5.74) is 2.27. The summed E-state index contributed by atoms with van der Waals surface area (Å²) in [6.07, 6.45) is 0. The smallest absolute Gasteiger partial charge is 0.341 e. The van der Waals surface area contributed by atoms with Gasteiger partial charge in [-0.3, -0.25) is 4.79 Å². The highest BCUT2D eigenvalue weighted by atomic mass is 35.5. The third kappa shape index (κ3) is 4.80. The zero-order chi connectivity index (χ0) is 21.8. The van der Waals surface area contributed by atoms with Crippen molar-refractivity contribution < 1.29 is 23.5 Å². The van der Waals surface area contributed by atoms with E-state index in [1.54, 1.807) is 30.3 Å². The summed E-state index contributed by atoms with van der Waals surface area (Å²) in [4.78, 5) is 25.7. The van der Waals surface area contributed by atoms with Gasteiger partial charge in [-0.2, -0.15) is 0 Å². The van der Waals surface area contributed by atoms with Crippen LogP contribution < -0.4 is 10.1 Å². The minimum absolute atomic E-state index is 0.225. The first-order chi connectivity index (χ1) is 14.3. The van der Waals surface area contributed by atoms with Gasteiger partial charge in [-0.25, -0.2) is 9.18 Å². The number of benzene rings is 2. The molecule has 0 radical (unpaired) electrons. The normalized spacial score (nSPS) is 10.6. The van der Waals surface area contributed by atoms with Crippen molar-refractivity contribution in [3.8, 4) is 16.9 Å². The number of hydrogen-bond acceptors (Lipinski definition) is 5. The van der Waals surface area contributed by atoms with Crippen molar-refractivity contribution in [2.45, 2.75) is 13.8 Å². The zero-order valence-electron chi connectivity index (χ0n) is 16.5. The number of nitrogens with one attached hydrogen (secondary N) is 1. The molecule has 0 fully saturated rings.